The van der Waals surface area contributed by atoms with Crippen LogP contribution in [0.3, 0.4) is 0 Å². The maximum atomic E-state index is 2.60. The molecule has 0 aromatic heterocycles. The lowest BCUT2D eigenvalue weighted by Gasteiger charge is -2.41. The summed E-state index contributed by atoms with van der Waals surface area (Å²) in [7, 11) is 0. The second kappa shape index (κ2) is 16.4. The number of benzene rings is 12. The predicted molar refractivity (Wildman–Crippen MR) is 297 cm³/mol. The standard InChI is InChI=1S/C67H48BN/c1-43-41-44(2)65(45(3)42-43)68-60-29-17-18-30-61(60)69(51-35-31-47(32-36-51)46-19-7-4-8-20-46)67-59-40-39-57-55(54-27-15-13-25-52(54)48-21-9-5-10-22-48)37-33-50-34-38-58(63(59)62(50)57)64(66(67)68)56-28-16-14-26-53(56)49-23-11-6-12-24-49/h4-42H,1-3H3. The van der Waals surface area contributed by atoms with Crippen molar-refractivity contribution in [3.63, 3.8) is 0 Å². The minimum atomic E-state index is -0.0642. The molecule has 13 rings (SSSR count). The summed E-state index contributed by atoms with van der Waals surface area (Å²) in [5.74, 6) is 0. The zero-order chi connectivity index (χ0) is 46.2. The summed E-state index contributed by atoms with van der Waals surface area (Å²) in [6, 6.07) is 88.2. The first-order valence-corrected chi connectivity index (χ1v) is 24.2. The van der Waals surface area contributed by atoms with Gasteiger partial charge in [0.15, 0.2) is 0 Å². The maximum absolute atomic E-state index is 2.60. The topological polar surface area (TPSA) is 3.24 Å². The van der Waals surface area contributed by atoms with E-state index in [0.29, 0.717) is 0 Å². The van der Waals surface area contributed by atoms with E-state index in [1.165, 1.54) is 132 Å². The van der Waals surface area contributed by atoms with Crippen LogP contribution in [-0.4, -0.2) is 6.71 Å². The van der Waals surface area contributed by atoms with E-state index in [1.54, 1.807) is 0 Å². The smallest absolute Gasteiger partial charge is 0.248 e. The number of nitrogens with zero attached hydrogens (tertiary/aromatic N) is 1. The number of hydrogen-bond acceptors (Lipinski definition) is 1. The van der Waals surface area contributed by atoms with Crippen molar-refractivity contribution in [3.8, 4) is 55.6 Å². The number of rotatable bonds is 7. The van der Waals surface area contributed by atoms with Crippen molar-refractivity contribution in [2.24, 2.45) is 0 Å². The summed E-state index contributed by atoms with van der Waals surface area (Å²) in [6.45, 7) is 6.81. The van der Waals surface area contributed by atoms with Gasteiger partial charge in [-0.3, -0.25) is 0 Å². The van der Waals surface area contributed by atoms with Crippen LogP contribution in [0.1, 0.15) is 16.7 Å². The van der Waals surface area contributed by atoms with Gasteiger partial charge in [0.2, 0.25) is 6.71 Å². The lowest BCUT2D eigenvalue weighted by molar-refractivity contribution is 1.30. The quantitative estimate of drug-likeness (QED) is 0.114. The Kier molecular flexibility index (Phi) is 9.70. The van der Waals surface area contributed by atoms with Gasteiger partial charge < -0.3 is 4.90 Å². The van der Waals surface area contributed by atoms with Gasteiger partial charge >= 0.3 is 0 Å². The minimum Gasteiger partial charge on any atom is -0.311 e. The fourth-order valence-electron chi connectivity index (χ4n) is 12.0. The fourth-order valence-corrected chi connectivity index (χ4v) is 12.0. The highest BCUT2D eigenvalue weighted by Gasteiger charge is 2.41. The normalized spacial score (nSPS) is 12.2. The van der Waals surface area contributed by atoms with Crippen molar-refractivity contribution in [2.45, 2.75) is 20.8 Å². The van der Waals surface area contributed by atoms with Crippen molar-refractivity contribution >= 4 is 72.5 Å². The van der Waals surface area contributed by atoms with Crippen LogP contribution in [-0.2, 0) is 0 Å². The molecule has 12 aromatic carbocycles. The summed E-state index contributed by atoms with van der Waals surface area (Å²) < 4.78 is 0. The monoisotopic (exact) mass is 877 g/mol. The van der Waals surface area contributed by atoms with Crippen LogP contribution >= 0.6 is 0 Å². The third-order valence-electron chi connectivity index (χ3n) is 14.8. The summed E-state index contributed by atoms with van der Waals surface area (Å²) >= 11 is 0. The van der Waals surface area contributed by atoms with Crippen LogP contribution in [0.15, 0.2) is 237 Å². The lowest BCUT2D eigenvalue weighted by Crippen LogP contribution is -2.59. The molecule has 324 valence electrons. The number of fused-ring (bicyclic) bond motifs is 3. The van der Waals surface area contributed by atoms with E-state index >= 15 is 0 Å². The molecule has 12 aromatic rings. The zero-order valence-electron chi connectivity index (χ0n) is 39.0. The van der Waals surface area contributed by atoms with E-state index in [0.717, 1.165) is 5.69 Å². The Morgan fingerprint density at radius 1 is 0.348 bits per heavy atom. The average Bonchev–Trinajstić information content (AvgIpc) is 3.40. The van der Waals surface area contributed by atoms with Gasteiger partial charge in [-0.15, -0.1) is 0 Å². The fraction of sp³-hybridized carbons (Fsp3) is 0.0448. The third kappa shape index (κ3) is 6.55. The van der Waals surface area contributed by atoms with Gasteiger partial charge in [0.25, 0.3) is 0 Å². The molecule has 69 heavy (non-hydrogen) atoms. The van der Waals surface area contributed by atoms with E-state index in [4.69, 9.17) is 0 Å². The van der Waals surface area contributed by atoms with Crippen LogP contribution < -0.4 is 21.3 Å². The number of hydrogen-bond donors (Lipinski definition) is 0. The molecule has 0 amide bonds. The van der Waals surface area contributed by atoms with Gasteiger partial charge in [-0.1, -0.05) is 241 Å². The molecule has 0 N–H and O–H groups in total. The molecule has 0 spiro atoms. The Morgan fingerprint density at radius 2 is 0.855 bits per heavy atom. The Balaban J connectivity index is 1.21. The van der Waals surface area contributed by atoms with Crippen molar-refractivity contribution in [2.75, 3.05) is 4.90 Å². The first-order valence-electron chi connectivity index (χ1n) is 24.2. The van der Waals surface area contributed by atoms with Crippen molar-refractivity contribution in [1.82, 2.24) is 0 Å². The zero-order valence-corrected chi connectivity index (χ0v) is 39.0. The molecule has 0 fully saturated rings. The van der Waals surface area contributed by atoms with Crippen molar-refractivity contribution < 1.29 is 0 Å². The van der Waals surface area contributed by atoms with Crippen molar-refractivity contribution in [3.05, 3.63) is 253 Å². The molecule has 0 aliphatic carbocycles. The predicted octanol–water partition coefficient (Wildman–Crippen LogP) is 16.1. The summed E-state index contributed by atoms with van der Waals surface area (Å²) in [4.78, 5) is 2.60. The molecule has 1 aliphatic rings. The molecule has 0 saturated carbocycles. The largest absolute Gasteiger partial charge is 0.311 e. The van der Waals surface area contributed by atoms with E-state index in [2.05, 4.69) is 262 Å². The van der Waals surface area contributed by atoms with Crippen LogP contribution in [0.2, 0.25) is 0 Å². The molecule has 1 nitrogen and oxygen atoms in total. The highest BCUT2D eigenvalue weighted by atomic mass is 15.2. The Labute approximate surface area is 405 Å². The summed E-state index contributed by atoms with van der Waals surface area (Å²) in [5.41, 5.74) is 23.8. The second-order valence-electron chi connectivity index (χ2n) is 18.9. The molecule has 0 atom stereocenters. The SMILES string of the molecule is Cc1cc(C)c(B2c3ccccc3N(c3ccc(-c4ccccc4)cc3)c3c2c(-c2ccccc2-c2ccccc2)c2ccc4ccc(-c5ccccc5-c5ccccc5)c5ccc3c2c45)c(C)c1. The van der Waals surface area contributed by atoms with Gasteiger partial charge in [-0.25, -0.2) is 0 Å². The summed E-state index contributed by atoms with van der Waals surface area (Å²) in [5, 5.41) is 7.61. The summed E-state index contributed by atoms with van der Waals surface area (Å²) in [6.07, 6.45) is 0. The second-order valence-corrected chi connectivity index (χ2v) is 18.9. The van der Waals surface area contributed by atoms with Gasteiger partial charge in [0.1, 0.15) is 0 Å². The Bertz CT molecular complexity index is 3890. The first kappa shape index (κ1) is 40.8. The highest BCUT2D eigenvalue weighted by Crippen LogP contribution is 2.51. The third-order valence-corrected chi connectivity index (χ3v) is 14.8. The van der Waals surface area contributed by atoms with Gasteiger partial charge in [0, 0.05) is 27.8 Å². The van der Waals surface area contributed by atoms with Gasteiger partial charge in [-0.2, -0.15) is 0 Å². The molecule has 0 unspecified atom stereocenters. The molecule has 0 bridgehead atoms. The average molecular weight is 878 g/mol. The molecule has 2 heteroatoms. The van der Waals surface area contributed by atoms with E-state index in [1.807, 2.05) is 0 Å². The molecule has 1 heterocycles. The van der Waals surface area contributed by atoms with E-state index < -0.39 is 0 Å². The maximum Gasteiger partial charge on any atom is 0.248 e. The lowest BCUT2D eigenvalue weighted by atomic mass is 9.32. The number of aryl methyl sites for hydroxylation is 3. The van der Waals surface area contributed by atoms with Gasteiger partial charge in [0.05, 0.1) is 0 Å². The van der Waals surface area contributed by atoms with Crippen LogP contribution in [0.5, 0.6) is 0 Å². The van der Waals surface area contributed by atoms with Crippen LogP contribution in [0, 0.1) is 20.8 Å². The van der Waals surface area contributed by atoms with E-state index in [9.17, 15) is 0 Å². The molecule has 0 saturated heterocycles. The van der Waals surface area contributed by atoms with Crippen LogP contribution in [0.4, 0.5) is 17.1 Å². The highest BCUT2D eigenvalue weighted by molar-refractivity contribution is 6.99. The Hall–Kier alpha value is -8.46. The number of para-hydroxylation sites is 1. The van der Waals surface area contributed by atoms with Crippen LogP contribution in [0.25, 0.3) is 88.0 Å². The Morgan fingerprint density at radius 3 is 1.52 bits per heavy atom. The number of anilines is 3. The minimum absolute atomic E-state index is 0.0642. The molecular formula is C67H48BN. The molecule has 0 radical (unpaired) electrons. The van der Waals surface area contributed by atoms with Crippen molar-refractivity contribution in [1.29, 1.82) is 0 Å². The van der Waals surface area contributed by atoms with Gasteiger partial charge in [-0.05, 0) is 127 Å². The first-order chi connectivity index (χ1) is 34.0. The molecule has 1 aliphatic heterocycles. The van der Waals surface area contributed by atoms with E-state index in [-0.39, 0.29) is 6.71 Å². The molecular weight excluding hydrogens is 830 g/mol.